The fraction of sp³-hybridized carbons (Fsp3) is 0.304. The monoisotopic (exact) mass is 414 g/mol. The van der Waals surface area contributed by atoms with Crippen LogP contribution in [-0.2, 0) is 16.0 Å². The van der Waals surface area contributed by atoms with E-state index in [1.165, 1.54) is 6.07 Å². The third-order valence-electron chi connectivity index (χ3n) is 5.13. The zero-order valence-corrected chi connectivity index (χ0v) is 16.7. The minimum Gasteiger partial charge on any atom is -0.496 e. The van der Waals surface area contributed by atoms with E-state index in [-0.39, 0.29) is 23.9 Å². The van der Waals surface area contributed by atoms with E-state index in [2.05, 4.69) is 5.32 Å². The summed E-state index contributed by atoms with van der Waals surface area (Å²) in [5.41, 5.74) is 0.593. The third-order valence-corrected chi connectivity index (χ3v) is 5.13. The van der Waals surface area contributed by atoms with E-state index in [1.807, 2.05) is 24.3 Å². The van der Waals surface area contributed by atoms with Gasteiger partial charge in [-0.2, -0.15) is 0 Å². The highest BCUT2D eigenvalue weighted by molar-refractivity contribution is 5.92. The second-order valence-electron chi connectivity index (χ2n) is 7.12. The van der Waals surface area contributed by atoms with Gasteiger partial charge in [0.25, 0.3) is 0 Å². The summed E-state index contributed by atoms with van der Waals surface area (Å²) in [5, 5.41) is 2.83. The number of nitrogens with one attached hydrogen (secondary N) is 1. The lowest BCUT2D eigenvalue weighted by Crippen LogP contribution is -2.46. The zero-order chi connectivity index (χ0) is 21.5. The first-order valence-corrected chi connectivity index (χ1v) is 9.80. The van der Waals surface area contributed by atoms with Crippen molar-refractivity contribution in [1.82, 2.24) is 10.2 Å². The Labute approximate surface area is 174 Å². The van der Waals surface area contributed by atoms with Crippen LogP contribution >= 0.6 is 0 Å². The van der Waals surface area contributed by atoms with Gasteiger partial charge in [-0.15, -0.1) is 0 Å². The summed E-state index contributed by atoms with van der Waals surface area (Å²) in [6.45, 7) is 1.06. The van der Waals surface area contributed by atoms with Gasteiger partial charge >= 0.3 is 0 Å². The van der Waals surface area contributed by atoms with Crippen LogP contribution in [0.1, 0.15) is 24.0 Å². The van der Waals surface area contributed by atoms with Gasteiger partial charge in [0, 0.05) is 36.3 Å². The molecule has 2 aromatic carbocycles. The van der Waals surface area contributed by atoms with Crippen molar-refractivity contribution >= 4 is 17.9 Å². The van der Waals surface area contributed by atoms with Crippen molar-refractivity contribution in [3.05, 3.63) is 71.3 Å². The number of piperidine rings is 1. The van der Waals surface area contributed by atoms with E-state index in [9.17, 15) is 18.4 Å². The number of benzene rings is 2. The standard InChI is InChI=1S/C23H24F2N2O3/c1-30-21-8-3-2-5-16(21)15-23(29)27-13-11-17(12-14-27)26-22(28)10-9-18-19(24)6-4-7-20(18)25/h2-10,17H,11-15H2,1H3,(H,26,28)/b10-9+. The average Bonchev–Trinajstić information content (AvgIpc) is 2.74. The maximum absolute atomic E-state index is 13.6. The summed E-state index contributed by atoms with van der Waals surface area (Å²) >= 11 is 0. The number of nitrogens with zero attached hydrogens (tertiary/aromatic N) is 1. The Hall–Kier alpha value is -3.22. The highest BCUT2D eigenvalue weighted by atomic mass is 19.1. The number of amides is 2. The second kappa shape index (κ2) is 10.0. The maximum atomic E-state index is 13.6. The van der Waals surface area contributed by atoms with Gasteiger partial charge in [0.2, 0.25) is 11.8 Å². The minimum absolute atomic E-state index is 0.0131. The van der Waals surface area contributed by atoms with Crippen molar-refractivity contribution in [2.24, 2.45) is 0 Å². The summed E-state index contributed by atoms with van der Waals surface area (Å²) in [6.07, 6.45) is 3.75. The van der Waals surface area contributed by atoms with Crippen LogP contribution < -0.4 is 10.1 Å². The van der Waals surface area contributed by atoms with E-state index < -0.39 is 17.5 Å². The van der Waals surface area contributed by atoms with Crippen molar-refractivity contribution < 1.29 is 23.1 Å². The van der Waals surface area contributed by atoms with Crippen molar-refractivity contribution in [1.29, 1.82) is 0 Å². The van der Waals surface area contributed by atoms with Gasteiger partial charge in [-0.1, -0.05) is 24.3 Å². The number of hydrogen-bond donors (Lipinski definition) is 1. The molecule has 2 amide bonds. The number of para-hydroxylation sites is 1. The van der Waals surface area contributed by atoms with Crippen LogP contribution in [-0.4, -0.2) is 43.0 Å². The molecule has 0 saturated carbocycles. The summed E-state index contributed by atoms with van der Waals surface area (Å²) in [5.74, 6) is -1.16. The van der Waals surface area contributed by atoms with Crippen LogP contribution in [0.4, 0.5) is 8.78 Å². The molecule has 0 bridgehead atoms. The van der Waals surface area contributed by atoms with Gasteiger partial charge in [-0.05, 0) is 37.1 Å². The van der Waals surface area contributed by atoms with Crippen LogP contribution in [0.25, 0.3) is 6.08 Å². The van der Waals surface area contributed by atoms with Crippen molar-refractivity contribution in [3.63, 3.8) is 0 Å². The van der Waals surface area contributed by atoms with Gasteiger partial charge in [-0.3, -0.25) is 9.59 Å². The lowest BCUT2D eigenvalue weighted by molar-refractivity contribution is -0.131. The summed E-state index contributed by atoms with van der Waals surface area (Å²) in [6, 6.07) is 10.9. The Bertz CT molecular complexity index is 918. The van der Waals surface area contributed by atoms with Crippen LogP contribution in [0.2, 0.25) is 0 Å². The normalized spacial score (nSPS) is 14.7. The predicted molar refractivity (Wildman–Crippen MR) is 110 cm³/mol. The maximum Gasteiger partial charge on any atom is 0.244 e. The number of rotatable bonds is 6. The van der Waals surface area contributed by atoms with Gasteiger partial charge < -0.3 is 15.0 Å². The molecule has 2 aromatic rings. The van der Waals surface area contributed by atoms with Crippen LogP contribution in [0.5, 0.6) is 5.75 Å². The summed E-state index contributed by atoms with van der Waals surface area (Å²) in [7, 11) is 1.58. The molecule has 158 valence electrons. The fourth-order valence-corrected chi connectivity index (χ4v) is 3.48. The fourth-order valence-electron chi connectivity index (χ4n) is 3.48. The Morgan fingerprint density at radius 3 is 2.43 bits per heavy atom. The molecule has 0 spiro atoms. The number of ether oxygens (including phenoxy) is 1. The third kappa shape index (κ3) is 5.43. The molecule has 0 radical (unpaired) electrons. The molecule has 1 N–H and O–H groups in total. The number of halogens is 2. The molecule has 5 nitrogen and oxygen atoms in total. The molecule has 7 heteroatoms. The number of hydrogen-bond acceptors (Lipinski definition) is 3. The quantitative estimate of drug-likeness (QED) is 0.738. The van der Waals surface area contributed by atoms with Crippen LogP contribution in [0.3, 0.4) is 0 Å². The molecular formula is C23H24F2N2O3. The highest BCUT2D eigenvalue weighted by Crippen LogP contribution is 2.20. The molecule has 1 fully saturated rings. The Balaban J connectivity index is 1.49. The topological polar surface area (TPSA) is 58.6 Å². The Morgan fingerprint density at radius 1 is 1.10 bits per heavy atom. The largest absolute Gasteiger partial charge is 0.496 e. The van der Waals surface area contributed by atoms with Crippen LogP contribution in [0.15, 0.2) is 48.5 Å². The average molecular weight is 414 g/mol. The lowest BCUT2D eigenvalue weighted by Gasteiger charge is -2.32. The summed E-state index contributed by atoms with van der Waals surface area (Å²) < 4.78 is 32.5. The molecule has 0 aliphatic carbocycles. The van der Waals surface area contributed by atoms with Gasteiger partial charge in [0.1, 0.15) is 17.4 Å². The van der Waals surface area contributed by atoms with E-state index >= 15 is 0 Å². The van der Waals surface area contributed by atoms with Crippen molar-refractivity contribution in [3.8, 4) is 5.75 Å². The minimum atomic E-state index is -0.721. The molecule has 1 aliphatic heterocycles. The molecule has 1 saturated heterocycles. The molecule has 0 unspecified atom stereocenters. The SMILES string of the molecule is COc1ccccc1CC(=O)N1CCC(NC(=O)/C=C/c2c(F)cccc2F)CC1. The smallest absolute Gasteiger partial charge is 0.244 e. The predicted octanol–water partition coefficient (Wildman–Crippen LogP) is 3.34. The number of carbonyl (C=O) groups is 2. The van der Waals surface area contributed by atoms with E-state index in [0.29, 0.717) is 31.7 Å². The van der Waals surface area contributed by atoms with Gasteiger partial charge in [0.15, 0.2) is 0 Å². The van der Waals surface area contributed by atoms with Crippen LogP contribution in [0, 0.1) is 11.6 Å². The lowest BCUT2D eigenvalue weighted by atomic mass is 10.0. The van der Waals surface area contributed by atoms with Crippen molar-refractivity contribution in [2.75, 3.05) is 20.2 Å². The highest BCUT2D eigenvalue weighted by Gasteiger charge is 2.24. The number of carbonyl (C=O) groups excluding carboxylic acids is 2. The molecule has 0 aromatic heterocycles. The number of likely N-dealkylation sites (tertiary alicyclic amines) is 1. The second-order valence-corrected chi connectivity index (χ2v) is 7.12. The van der Waals surface area contributed by atoms with Crippen molar-refractivity contribution in [2.45, 2.75) is 25.3 Å². The molecule has 3 rings (SSSR count). The van der Waals surface area contributed by atoms with Gasteiger partial charge in [0.05, 0.1) is 13.5 Å². The molecule has 30 heavy (non-hydrogen) atoms. The van der Waals surface area contributed by atoms with E-state index in [4.69, 9.17) is 4.74 Å². The number of methoxy groups -OCH3 is 1. The molecule has 1 aliphatic rings. The Morgan fingerprint density at radius 2 is 1.77 bits per heavy atom. The first kappa shape index (κ1) is 21.5. The first-order valence-electron chi connectivity index (χ1n) is 9.80. The summed E-state index contributed by atoms with van der Waals surface area (Å²) in [4.78, 5) is 26.5. The van der Waals surface area contributed by atoms with E-state index in [0.717, 1.165) is 29.8 Å². The zero-order valence-electron chi connectivity index (χ0n) is 16.7. The van der Waals surface area contributed by atoms with E-state index in [1.54, 1.807) is 12.0 Å². The molecular weight excluding hydrogens is 390 g/mol. The molecule has 0 atom stereocenters. The van der Waals surface area contributed by atoms with Gasteiger partial charge in [-0.25, -0.2) is 8.78 Å². The Kier molecular flexibility index (Phi) is 7.17. The molecule has 1 heterocycles. The first-order chi connectivity index (χ1) is 14.5.